The van der Waals surface area contributed by atoms with Gasteiger partial charge < -0.3 is 24.4 Å². The van der Waals surface area contributed by atoms with Gasteiger partial charge in [0, 0.05) is 18.2 Å². The molecule has 4 rings (SSSR count). The second-order valence-corrected chi connectivity index (χ2v) is 9.15. The molecule has 0 spiro atoms. The summed E-state index contributed by atoms with van der Waals surface area (Å²) >= 11 is 0. The maximum atomic E-state index is 13.4. The molecular formula is C28H32N4O5. The van der Waals surface area contributed by atoms with Crippen LogP contribution in [0.25, 0.3) is 11.4 Å². The number of para-hydroxylation sites is 1. The van der Waals surface area contributed by atoms with Crippen molar-refractivity contribution < 1.29 is 24.2 Å². The lowest BCUT2D eigenvalue weighted by Crippen LogP contribution is -2.32. The SMILES string of the molecule is COc1ccc(C2/C(=C(\O)c3cnn(-c4ccccc4)c3C)C(=O)C(=O)N2CCCN(C)C)c(OC)c1. The van der Waals surface area contributed by atoms with Crippen molar-refractivity contribution in [3.05, 3.63) is 77.1 Å². The molecule has 1 saturated heterocycles. The van der Waals surface area contributed by atoms with Crippen molar-refractivity contribution in [2.75, 3.05) is 41.4 Å². The van der Waals surface area contributed by atoms with Gasteiger partial charge in [0.25, 0.3) is 11.7 Å². The zero-order valence-corrected chi connectivity index (χ0v) is 21.8. The number of rotatable bonds is 9. The van der Waals surface area contributed by atoms with Gasteiger partial charge in [-0.15, -0.1) is 0 Å². The minimum atomic E-state index is -0.831. The summed E-state index contributed by atoms with van der Waals surface area (Å²) in [5, 5.41) is 16.0. The number of benzene rings is 2. The van der Waals surface area contributed by atoms with Gasteiger partial charge in [-0.1, -0.05) is 18.2 Å². The Morgan fingerprint density at radius 2 is 1.81 bits per heavy atom. The Morgan fingerprint density at radius 1 is 1.08 bits per heavy atom. The number of hydrogen-bond acceptors (Lipinski definition) is 7. The van der Waals surface area contributed by atoms with Crippen LogP contribution in [0.5, 0.6) is 11.5 Å². The van der Waals surface area contributed by atoms with Crippen molar-refractivity contribution in [2.45, 2.75) is 19.4 Å². The van der Waals surface area contributed by atoms with E-state index in [1.54, 1.807) is 30.0 Å². The lowest BCUT2D eigenvalue weighted by Gasteiger charge is -2.27. The highest BCUT2D eigenvalue weighted by molar-refractivity contribution is 6.46. The van der Waals surface area contributed by atoms with E-state index in [1.165, 1.54) is 18.2 Å². The van der Waals surface area contributed by atoms with Crippen LogP contribution in [-0.2, 0) is 9.59 Å². The molecule has 0 bridgehead atoms. The summed E-state index contributed by atoms with van der Waals surface area (Å²) in [6.07, 6.45) is 2.17. The number of aromatic nitrogens is 2. The van der Waals surface area contributed by atoms with Crippen LogP contribution in [0.3, 0.4) is 0 Å². The summed E-state index contributed by atoms with van der Waals surface area (Å²) in [6.45, 7) is 2.88. The summed E-state index contributed by atoms with van der Waals surface area (Å²) in [7, 11) is 6.97. The number of methoxy groups -OCH3 is 2. The first-order valence-electron chi connectivity index (χ1n) is 12.0. The number of ketones is 1. The maximum Gasteiger partial charge on any atom is 0.295 e. The molecule has 0 radical (unpaired) electrons. The number of Topliss-reactive ketones (excluding diaryl/α,β-unsaturated/α-hetero) is 1. The van der Waals surface area contributed by atoms with Gasteiger partial charge in [-0.2, -0.15) is 5.10 Å². The van der Waals surface area contributed by atoms with E-state index in [0.29, 0.717) is 41.3 Å². The highest BCUT2D eigenvalue weighted by Gasteiger charge is 2.47. The predicted molar refractivity (Wildman–Crippen MR) is 140 cm³/mol. The third kappa shape index (κ3) is 4.95. The molecule has 37 heavy (non-hydrogen) atoms. The van der Waals surface area contributed by atoms with Gasteiger partial charge in [-0.3, -0.25) is 9.59 Å². The Hall–Kier alpha value is -4.11. The van der Waals surface area contributed by atoms with E-state index >= 15 is 0 Å². The van der Waals surface area contributed by atoms with Gasteiger partial charge >= 0.3 is 0 Å². The second kappa shape index (κ2) is 10.9. The van der Waals surface area contributed by atoms with Crippen LogP contribution in [0.4, 0.5) is 0 Å². The Balaban J connectivity index is 1.86. The standard InChI is InChI=1S/C28H32N4O5/c1-18-22(17-29-32(18)19-10-7-6-8-11-19)26(33)24-25(21-13-12-20(36-4)16-23(21)37-5)31(28(35)27(24)34)15-9-14-30(2)3/h6-8,10-13,16-17,25,33H,9,14-15H2,1-5H3/b26-24+. The van der Waals surface area contributed by atoms with E-state index in [-0.39, 0.29) is 11.3 Å². The van der Waals surface area contributed by atoms with Gasteiger partial charge in [0.15, 0.2) is 0 Å². The van der Waals surface area contributed by atoms with Crippen LogP contribution in [0.1, 0.15) is 29.3 Å². The summed E-state index contributed by atoms with van der Waals surface area (Å²) < 4.78 is 12.6. The number of nitrogens with zero attached hydrogens (tertiary/aromatic N) is 4. The molecule has 0 aliphatic carbocycles. The number of aliphatic hydroxyl groups excluding tert-OH is 1. The van der Waals surface area contributed by atoms with E-state index in [0.717, 1.165) is 12.2 Å². The first kappa shape index (κ1) is 26.0. The molecule has 0 saturated carbocycles. The van der Waals surface area contributed by atoms with Crippen molar-refractivity contribution >= 4 is 17.4 Å². The molecule has 1 amide bonds. The smallest absolute Gasteiger partial charge is 0.295 e. The Morgan fingerprint density at radius 3 is 2.46 bits per heavy atom. The number of hydrogen-bond donors (Lipinski definition) is 1. The molecule has 1 fully saturated rings. The first-order valence-corrected chi connectivity index (χ1v) is 12.0. The Kier molecular flexibility index (Phi) is 7.63. The zero-order chi connectivity index (χ0) is 26.7. The minimum absolute atomic E-state index is 0.00836. The topological polar surface area (TPSA) is 97.1 Å². The second-order valence-electron chi connectivity index (χ2n) is 9.15. The van der Waals surface area contributed by atoms with E-state index in [4.69, 9.17) is 9.47 Å². The molecule has 1 N–H and O–H groups in total. The van der Waals surface area contributed by atoms with Crippen molar-refractivity contribution in [1.82, 2.24) is 19.6 Å². The van der Waals surface area contributed by atoms with Gasteiger partial charge in [0.2, 0.25) is 0 Å². The minimum Gasteiger partial charge on any atom is -0.507 e. The fourth-order valence-electron chi connectivity index (χ4n) is 4.65. The lowest BCUT2D eigenvalue weighted by molar-refractivity contribution is -0.140. The highest BCUT2D eigenvalue weighted by atomic mass is 16.5. The molecule has 1 aliphatic heterocycles. The zero-order valence-electron chi connectivity index (χ0n) is 21.8. The fourth-order valence-corrected chi connectivity index (χ4v) is 4.65. The normalized spacial score (nSPS) is 17.0. The maximum absolute atomic E-state index is 13.4. The van der Waals surface area contributed by atoms with Crippen molar-refractivity contribution in [2.24, 2.45) is 0 Å². The van der Waals surface area contributed by atoms with Gasteiger partial charge in [-0.25, -0.2) is 4.68 Å². The quantitative estimate of drug-likeness (QED) is 0.270. The van der Waals surface area contributed by atoms with Gasteiger partial charge in [-0.05, 0) is 58.3 Å². The summed E-state index contributed by atoms with van der Waals surface area (Å²) in [5.74, 6) is -0.638. The fraction of sp³-hybridized carbons (Fsp3) is 0.321. The molecule has 1 unspecified atom stereocenters. The summed E-state index contributed by atoms with van der Waals surface area (Å²) in [6, 6.07) is 13.9. The number of carbonyl (C=O) groups excluding carboxylic acids is 2. The van der Waals surface area contributed by atoms with Gasteiger partial charge in [0.1, 0.15) is 17.3 Å². The molecule has 1 aromatic heterocycles. The number of amides is 1. The van der Waals surface area contributed by atoms with Gasteiger partial charge in [0.05, 0.1) is 49.0 Å². The number of carbonyl (C=O) groups is 2. The van der Waals surface area contributed by atoms with Crippen LogP contribution in [0, 0.1) is 6.92 Å². The third-order valence-corrected chi connectivity index (χ3v) is 6.55. The first-order chi connectivity index (χ1) is 17.8. The van der Waals surface area contributed by atoms with Crippen LogP contribution in [-0.4, -0.2) is 77.8 Å². The van der Waals surface area contributed by atoms with E-state index in [2.05, 4.69) is 5.10 Å². The highest BCUT2D eigenvalue weighted by Crippen LogP contribution is 2.44. The van der Waals surface area contributed by atoms with E-state index in [1.807, 2.05) is 56.3 Å². The number of likely N-dealkylation sites (tertiary alicyclic amines) is 1. The molecule has 1 atom stereocenters. The van der Waals surface area contributed by atoms with Crippen molar-refractivity contribution in [3.8, 4) is 17.2 Å². The van der Waals surface area contributed by atoms with Crippen LogP contribution in [0.2, 0.25) is 0 Å². The molecule has 1 aliphatic rings. The summed E-state index contributed by atoms with van der Waals surface area (Å²) in [4.78, 5) is 30.2. The molecule has 194 valence electrons. The molecular weight excluding hydrogens is 472 g/mol. The van der Waals surface area contributed by atoms with Crippen LogP contribution in [0.15, 0.2) is 60.3 Å². The van der Waals surface area contributed by atoms with Crippen LogP contribution < -0.4 is 9.47 Å². The molecule has 3 aromatic rings. The van der Waals surface area contributed by atoms with E-state index < -0.39 is 17.7 Å². The lowest BCUT2D eigenvalue weighted by atomic mass is 9.94. The predicted octanol–water partition coefficient (Wildman–Crippen LogP) is 3.57. The Labute approximate surface area is 216 Å². The van der Waals surface area contributed by atoms with Crippen molar-refractivity contribution in [1.29, 1.82) is 0 Å². The molecule has 9 nitrogen and oxygen atoms in total. The number of ether oxygens (including phenoxy) is 2. The monoisotopic (exact) mass is 504 g/mol. The summed E-state index contributed by atoms with van der Waals surface area (Å²) in [5.41, 5.74) is 2.43. The molecule has 9 heteroatoms. The van der Waals surface area contributed by atoms with Crippen LogP contribution >= 0.6 is 0 Å². The molecule has 2 aromatic carbocycles. The van der Waals surface area contributed by atoms with Crippen molar-refractivity contribution in [3.63, 3.8) is 0 Å². The largest absolute Gasteiger partial charge is 0.507 e. The third-order valence-electron chi connectivity index (χ3n) is 6.55. The van der Waals surface area contributed by atoms with E-state index in [9.17, 15) is 14.7 Å². The average molecular weight is 505 g/mol. The molecule has 2 heterocycles. The Bertz CT molecular complexity index is 1330. The number of aliphatic hydroxyl groups is 1. The average Bonchev–Trinajstić information content (AvgIpc) is 3.40.